The van der Waals surface area contributed by atoms with Gasteiger partial charge in [-0.15, -0.1) is 0 Å². The lowest BCUT2D eigenvalue weighted by Crippen LogP contribution is -2.10. The summed E-state index contributed by atoms with van der Waals surface area (Å²) >= 11 is 0. The van der Waals surface area contributed by atoms with Gasteiger partial charge in [0.2, 0.25) is 5.82 Å². The molecule has 0 heterocycles. The molecule has 0 fully saturated rings. The monoisotopic (exact) mass is 265 g/mol. The van der Waals surface area contributed by atoms with E-state index in [1.165, 1.54) is 0 Å². The number of carboxylic acid groups (broad SMARTS) is 1. The molecule has 0 aliphatic rings. The van der Waals surface area contributed by atoms with Crippen molar-refractivity contribution in [2.45, 2.75) is 13.0 Å². The topological polar surface area (TPSA) is 89.7 Å². The zero-order valence-electron chi connectivity index (χ0n) is 8.60. The minimum atomic E-state index is -3.42. The molecule has 6 nitrogen and oxygen atoms in total. The van der Waals surface area contributed by atoms with Gasteiger partial charge >= 0.3 is 18.3 Å². The summed E-state index contributed by atoms with van der Waals surface area (Å²) in [5.41, 5.74) is -1.48. The average Bonchev–Trinajstić information content (AvgIpc) is 2.21. The van der Waals surface area contributed by atoms with Crippen LogP contribution in [0.3, 0.4) is 0 Å². The lowest BCUT2D eigenvalue weighted by molar-refractivity contribution is -0.387. The third-order valence-electron chi connectivity index (χ3n) is 1.90. The van der Waals surface area contributed by atoms with Crippen molar-refractivity contribution >= 4 is 11.7 Å². The van der Waals surface area contributed by atoms with Crippen molar-refractivity contribution in [1.82, 2.24) is 0 Å². The summed E-state index contributed by atoms with van der Waals surface area (Å²) in [6.07, 6.45) is -0.795. The zero-order chi connectivity index (χ0) is 13.9. The van der Waals surface area contributed by atoms with Gasteiger partial charge in [0.1, 0.15) is 0 Å². The van der Waals surface area contributed by atoms with Crippen molar-refractivity contribution < 1.29 is 32.7 Å². The van der Waals surface area contributed by atoms with Crippen LogP contribution in [0.4, 0.5) is 18.9 Å². The van der Waals surface area contributed by atoms with Crippen LogP contribution in [-0.4, -0.2) is 22.6 Å². The summed E-state index contributed by atoms with van der Waals surface area (Å²) in [6, 6.07) is 1.54. The van der Waals surface area contributed by atoms with Crippen LogP contribution in [0.5, 0.6) is 5.75 Å². The number of hydrogen-bond acceptors (Lipinski definition) is 4. The van der Waals surface area contributed by atoms with Gasteiger partial charge in [0.15, 0.2) is 5.75 Å². The second kappa shape index (κ2) is 5.34. The fourth-order valence-corrected chi connectivity index (χ4v) is 1.25. The van der Waals surface area contributed by atoms with Crippen LogP contribution in [0.2, 0.25) is 0 Å². The van der Waals surface area contributed by atoms with Crippen LogP contribution in [0.25, 0.3) is 0 Å². The highest BCUT2D eigenvalue weighted by molar-refractivity contribution is 5.71. The molecule has 0 bridgehead atoms. The molecule has 0 spiro atoms. The number of nitro groups is 1. The number of nitrogens with zero attached hydrogens (tertiary/aromatic N) is 1. The van der Waals surface area contributed by atoms with Gasteiger partial charge < -0.3 is 9.84 Å². The van der Waals surface area contributed by atoms with Gasteiger partial charge in [-0.3, -0.25) is 14.9 Å². The Balaban J connectivity index is 3.31. The highest BCUT2D eigenvalue weighted by Crippen LogP contribution is 2.31. The van der Waals surface area contributed by atoms with Crippen LogP contribution >= 0.6 is 0 Å². The minimum Gasteiger partial charge on any atom is -0.481 e. The molecule has 0 aromatic heterocycles. The number of benzene rings is 1. The molecule has 0 aliphatic heterocycles. The fourth-order valence-electron chi connectivity index (χ4n) is 1.25. The maximum atomic E-state index is 13.5. The van der Waals surface area contributed by atoms with Crippen LogP contribution < -0.4 is 4.74 Å². The predicted molar refractivity (Wildman–Crippen MR) is 51.0 cm³/mol. The Hall–Kier alpha value is -2.32. The normalized spacial score (nSPS) is 10.4. The highest BCUT2D eigenvalue weighted by atomic mass is 19.3. The van der Waals surface area contributed by atoms with Gasteiger partial charge in [0.05, 0.1) is 11.3 Å². The van der Waals surface area contributed by atoms with Crippen LogP contribution in [0.1, 0.15) is 5.56 Å². The molecule has 0 aliphatic carbocycles. The molecule has 0 amide bonds. The van der Waals surface area contributed by atoms with Crippen LogP contribution in [0, 0.1) is 15.9 Å². The first-order valence-corrected chi connectivity index (χ1v) is 4.45. The van der Waals surface area contributed by atoms with Crippen molar-refractivity contribution in [3.8, 4) is 5.75 Å². The third kappa shape index (κ3) is 3.09. The predicted octanol–water partition coefficient (Wildman–Crippen LogP) is 1.96. The van der Waals surface area contributed by atoms with Crippen LogP contribution in [0.15, 0.2) is 12.1 Å². The number of rotatable bonds is 5. The Kier molecular flexibility index (Phi) is 4.08. The fraction of sp³-hybridized carbons (Fsp3) is 0.222. The summed E-state index contributed by atoms with van der Waals surface area (Å²) in [7, 11) is 0. The van der Waals surface area contributed by atoms with E-state index >= 15 is 0 Å². The quantitative estimate of drug-likeness (QED) is 0.649. The Morgan fingerprint density at radius 2 is 2.11 bits per heavy atom. The van der Waals surface area contributed by atoms with E-state index in [9.17, 15) is 28.1 Å². The van der Waals surface area contributed by atoms with E-state index in [-0.39, 0.29) is 0 Å². The van der Waals surface area contributed by atoms with E-state index in [0.717, 1.165) is 6.07 Å². The number of aliphatic carboxylic acids is 1. The summed E-state index contributed by atoms with van der Waals surface area (Å²) < 4.78 is 41.4. The maximum Gasteiger partial charge on any atom is 0.387 e. The molecule has 9 heteroatoms. The lowest BCUT2D eigenvalue weighted by Gasteiger charge is -2.10. The molecule has 0 atom stereocenters. The number of carboxylic acids is 1. The molecule has 0 saturated carbocycles. The summed E-state index contributed by atoms with van der Waals surface area (Å²) in [4.78, 5) is 19.7. The molecular formula is C9H6F3NO5. The van der Waals surface area contributed by atoms with Crippen molar-refractivity contribution in [2.75, 3.05) is 0 Å². The Labute approximate surface area is 97.7 Å². The Morgan fingerprint density at radius 3 is 2.56 bits per heavy atom. The van der Waals surface area contributed by atoms with Crippen molar-refractivity contribution in [3.05, 3.63) is 33.6 Å². The zero-order valence-corrected chi connectivity index (χ0v) is 8.60. The van der Waals surface area contributed by atoms with Gasteiger partial charge in [-0.25, -0.2) is 0 Å². The van der Waals surface area contributed by atoms with E-state index in [2.05, 4.69) is 4.74 Å². The van der Waals surface area contributed by atoms with Gasteiger partial charge in [-0.1, -0.05) is 0 Å². The molecule has 98 valence electrons. The summed E-state index contributed by atoms with van der Waals surface area (Å²) in [6.45, 7) is -3.42. The first-order valence-electron chi connectivity index (χ1n) is 4.45. The number of ether oxygens (including phenoxy) is 1. The van der Waals surface area contributed by atoms with Gasteiger partial charge in [-0.2, -0.15) is 13.2 Å². The minimum absolute atomic E-state index is 0.411. The van der Waals surface area contributed by atoms with Gasteiger partial charge in [0.25, 0.3) is 0 Å². The van der Waals surface area contributed by atoms with Crippen LogP contribution in [-0.2, 0) is 11.2 Å². The standard InChI is InChI=1S/C9H6F3NO5/c10-7-5(13(16)17)2-1-4(3-6(14)15)8(7)18-9(11)12/h1-2,9H,3H2,(H,14,15). The number of carbonyl (C=O) groups is 1. The third-order valence-corrected chi connectivity index (χ3v) is 1.90. The van der Waals surface area contributed by atoms with E-state index in [1.807, 2.05) is 0 Å². The van der Waals surface area contributed by atoms with Crippen molar-refractivity contribution in [3.63, 3.8) is 0 Å². The smallest absolute Gasteiger partial charge is 0.387 e. The van der Waals surface area contributed by atoms with Gasteiger partial charge in [0, 0.05) is 11.6 Å². The average molecular weight is 265 g/mol. The molecule has 18 heavy (non-hydrogen) atoms. The number of hydrogen-bond donors (Lipinski definition) is 1. The summed E-state index contributed by atoms with van der Waals surface area (Å²) in [5.74, 6) is -4.16. The molecule has 1 aromatic carbocycles. The molecule has 1 aromatic rings. The molecule has 0 radical (unpaired) electrons. The van der Waals surface area contributed by atoms with E-state index in [4.69, 9.17) is 5.11 Å². The van der Waals surface area contributed by atoms with Crippen molar-refractivity contribution in [1.29, 1.82) is 0 Å². The Bertz CT molecular complexity index is 491. The van der Waals surface area contributed by atoms with Crippen molar-refractivity contribution in [2.24, 2.45) is 0 Å². The van der Waals surface area contributed by atoms with E-state index in [1.54, 1.807) is 0 Å². The lowest BCUT2D eigenvalue weighted by atomic mass is 10.1. The summed E-state index contributed by atoms with van der Waals surface area (Å²) in [5, 5.41) is 18.9. The highest BCUT2D eigenvalue weighted by Gasteiger charge is 2.25. The first-order chi connectivity index (χ1) is 8.32. The molecule has 1 rings (SSSR count). The molecule has 1 N–H and O–H groups in total. The largest absolute Gasteiger partial charge is 0.481 e. The number of halogens is 3. The first kappa shape index (κ1) is 13.7. The molecule has 0 saturated heterocycles. The van der Waals surface area contributed by atoms with E-state index < -0.39 is 46.7 Å². The second-order valence-corrected chi connectivity index (χ2v) is 3.09. The van der Waals surface area contributed by atoms with E-state index in [0.29, 0.717) is 6.07 Å². The number of alkyl halides is 2. The number of nitro benzene ring substituents is 1. The molecular weight excluding hydrogens is 259 g/mol. The second-order valence-electron chi connectivity index (χ2n) is 3.09. The molecule has 0 unspecified atom stereocenters. The Morgan fingerprint density at radius 1 is 1.50 bits per heavy atom. The van der Waals surface area contributed by atoms with Gasteiger partial charge in [-0.05, 0) is 6.07 Å². The SMILES string of the molecule is O=C(O)Cc1ccc([N+](=O)[O-])c(F)c1OC(F)F. The maximum absolute atomic E-state index is 13.5.